The van der Waals surface area contributed by atoms with E-state index in [0.29, 0.717) is 18.3 Å². The molecule has 2 amide bonds. The fourth-order valence-electron chi connectivity index (χ4n) is 3.87. The maximum atomic E-state index is 12.2. The number of aliphatic hydroxyl groups is 1. The van der Waals surface area contributed by atoms with Gasteiger partial charge < -0.3 is 10.4 Å². The Labute approximate surface area is 147 Å². The summed E-state index contributed by atoms with van der Waals surface area (Å²) in [6.45, 7) is 0.532. The van der Waals surface area contributed by atoms with Crippen LogP contribution in [0.25, 0.3) is 0 Å². The van der Waals surface area contributed by atoms with Gasteiger partial charge in [0.25, 0.3) is 0 Å². The van der Waals surface area contributed by atoms with Gasteiger partial charge in [-0.3, -0.25) is 5.32 Å². The Morgan fingerprint density at radius 1 is 1.24 bits per heavy atom. The number of pyridine rings is 1. The number of aromatic nitrogens is 1. The van der Waals surface area contributed by atoms with Crippen molar-refractivity contribution in [2.24, 2.45) is 5.41 Å². The van der Waals surface area contributed by atoms with E-state index < -0.39 is 0 Å². The fraction of sp³-hybridized carbons (Fsp3) is 0.400. The number of carbonyl (C=O) groups is 1. The van der Waals surface area contributed by atoms with Crippen LogP contribution in [0.5, 0.6) is 0 Å². The van der Waals surface area contributed by atoms with Crippen LogP contribution in [-0.2, 0) is 12.8 Å². The minimum absolute atomic E-state index is 0.0733. The monoisotopic (exact) mass is 337 g/mol. The molecule has 2 aliphatic rings. The summed E-state index contributed by atoms with van der Waals surface area (Å²) in [5, 5.41) is 15.5. The lowest BCUT2D eigenvalue weighted by Gasteiger charge is -2.16. The van der Waals surface area contributed by atoms with Crippen molar-refractivity contribution in [3.63, 3.8) is 0 Å². The first-order chi connectivity index (χ1) is 12.2. The van der Waals surface area contributed by atoms with Gasteiger partial charge in [-0.1, -0.05) is 30.3 Å². The molecular weight excluding hydrogens is 314 g/mol. The first-order valence-corrected chi connectivity index (χ1v) is 8.89. The van der Waals surface area contributed by atoms with Gasteiger partial charge in [0.15, 0.2) is 0 Å². The molecule has 1 heterocycles. The van der Waals surface area contributed by atoms with Crippen molar-refractivity contribution in [2.75, 3.05) is 18.5 Å². The molecule has 2 aliphatic carbocycles. The van der Waals surface area contributed by atoms with E-state index in [9.17, 15) is 9.90 Å². The Morgan fingerprint density at radius 3 is 2.84 bits per heavy atom. The second-order valence-corrected chi connectivity index (χ2v) is 7.19. The van der Waals surface area contributed by atoms with Gasteiger partial charge in [0, 0.05) is 18.2 Å². The predicted molar refractivity (Wildman–Crippen MR) is 96.6 cm³/mol. The Hall–Kier alpha value is -2.40. The average Bonchev–Trinajstić information content (AvgIpc) is 3.19. The van der Waals surface area contributed by atoms with Gasteiger partial charge >= 0.3 is 6.03 Å². The van der Waals surface area contributed by atoms with Gasteiger partial charge in [-0.25, -0.2) is 9.78 Å². The van der Waals surface area contributed by atoms with Crippen molar-refractivity contribution in [1.82, 2.24) is 10.3 Å². The molecule has 2 atom stereocenters. The molecule has 0 bridgehead atoms. The minimum atomic E-state index is -0.267. The second-order valence-electron chi connectivity index (χ2n) is 7.19. The van der Waals surface area contributed by atoms with E-state index in [0.717, 1.165) is 25.7 Å². The number of hydrogen-bond acceptors (Lipinski definition) is 3. The number of benzene rings is 1. The molecule has 2 aromatic rings. The van der Waals surface area contributed by atoms with Crippen molar-refractivity contribution >= 4 is 11.8 Å². The molecule has 2 unspecified atom stereocenters. The number of amides is 2. The molecule has 4 rings (SSSR count). The van der Waals surface area contributed by atoms with Crippen LogP contribution in [0.4, 0.5) is 10.6 Å². The molecule has 5 heteroatoms. The highest BCUT2D eigenvalue weighted by atomic mass is 16.3. The van der Waals surface area contributed by atoms with Crippen LogP contribution in [0.3, 0.4) is 0 Å². The van der Waals surface area contributed by atoms with Crippen molar-refractivity contribution in [1.29, 1.82) is 0 Å². The summed E-state index contributed by atoms with van der Waals surface area (Å²) in [7, 11) is 0. The van der Waals surface area contributed by atoms with Crippen LogP contribution < -0.4 is 10.6 Å². The summed E-state index contributed by atoms with van der Waals surface area (Å²) in [6.07, 6.45) is 6.05. The zero-order valence-electron chi connectivity index (χ0n) is 14.2. The SMILES string of the molecule is O=C(NCC1(CO)CC1c1ccccc1)Nc1cc2c(cn1)CCC2. The van der Waals surface area contributed by atoms with Crippen molar-refractivity contribution < 1.29 is 9.90 Å². The summed E-state index contributed by atoms with van der Waals surface area (Å²) in [4.78, 5) is 16.5. The van der Waals surface area contributed by atoms with E-state index in [1.54, 1.807) is 0 Å². The minimum Gasteiger partial charge on any atom is -0.396 e. The molecule has 1 saturated carbocycles. The molecule has 0 spiro atoms. The lowest BCUT2D eigenvalue weighted by Crippen LogP contribution is -2.36. The number of fused-ring (bicyclic) bond motifs is 1. The molecule has 5 nitrogen and oxygen atoms in total. The molecule has 130 valence electrons. The number of rotatable bonds is 5. The highest BCUT2D eigenvalue weighted by Gasteiger charge is 2.54. The highest BCUT2D eigenvalue weighted by molar-refractivity contribution is 5.88. The number of nitrogens with zero attached hydrogens (tertiary/aromatic N) is 1. The number of anilines is 1. The third-order valence-corrected chi connectivity index (χ3v) is 5.52. The quantitative estimate of drug-likeness (QED) is 0.785. The molecule has 1 fully saturated rings. The molecular formula is C20H23N3O2. The molecule has 3 N–H and O–H groups in total. The van der Waals surface area contributed by atoms with Crippen LogP contribution in [0.2, 0.25) is 0 Å². The van der Waals surface area contributed by atoms with Gasteiger partial charge in [0.2, 0.25) is 0 Å². The Bertz CT molecular complexity index is 778. The maximum absolute atomic E-state index is 12.2. The van der Waals surface area contributed by atoms with Crippen LogP contribution in [0.1, 0.15) is 35.4 Å². The Morgan fingerprint density at radius 2 is 2.04 bits per heavy atom. The average molecular weight is 337 g/mol. The summed E-state index contributed by atoms with van der Waals surface area (Å²) >= 11 is 0. The van der Waals surface area contributed by atoms with Crippen LogP contribution in [0, 0.1) is 5.41 Å². The largest absolute Gasteiger partial charge is 0.396 e. The lowest BCUT2D eigenvalue weighted by atomic mass is 10.00. The Balaban J connectivity index is 1.34. The summed E-state index contributed by atoms with van der Waals surface area (Å²) in [5.41, 5.74) is 3.54. The van der Waals surface area contributed by atoms with E-state index in [4.69, 9.17) is 0 Å². The summed E-state index contributed by atoms with van der Waals surface area (Å²) in [5.74, 6) is 0.892. The van der Waals surface area contributed by atoms with E-state index in [2.05, 4.69) is 27.8 Å². The molecule has 25 heavy (non-hydrogen) atoms. The second kappa shape index (κ2) is 6.48. The standard InChI is InChI=1S/C20H23N3O2/c24-13-20(10-17(20)14-5-2-1-3-6-14)12-22-19(25)23-18-9-15-7-4-8-16(15)11-21-18/h1-3,5-6,9,11,17,24H,4,7-8,10,12-13H2,(H2,21,22,23,25). The van der Waals surface area contributed by atoms with Gasteiger partial charge in [0.05, 0.1) is 6.61 Å². The van der Waals surface area contributed by atoms with Gasteiger partial charge in [-0.2, -0.15) is 0 Å². The smallest absolute Gasteiger partial charge is 0.320 e. The third-order valence-electron chi connectivity index (χ3n) is 5.52. The number of aryl methyl sites for hydroxylation is 2. The zero-order valence-corrected chi connectivity index (χ0v) is 14.2. The van der Waals surface area contributed by atoms with Gasteiger partial charge in [-0.15, -0.1) is 0 Å². The third kappa shape index (κ3) is 3.24. The number of carbonyl (C=O) groups excluding carboxylic acids is 1. The predicted octanol–water partition coefficient (Wildman–Crippen LogP) is 2.86. The normalized spacial score (nSPS) is 23.8. The maximum Gasteiger partial charge on any atom is 0.320 e. The van der Waals surface area contributed by atoms with Crippen LogP contribution >= 0.6 is 0 Å². The summed E-state index contributed by atoms with van der Waals surface area (Å²) in [6, 6.07) is 11.9. The van der Waals surface area contributed by atoms with Crippen LogP contribution in [-0.4, -0.2) is 29.3 Å². The van der Waals surface area contributed by atoms with E-state index in [1.165, 1.54) is 16.7 Å². The molecule has 0 radical (unpaired) electrons. The Kier molecular flexibility index (Phi) is 4.17. The number of hydrogen-bond donors (Lipinski definition) is 3. The van der Waals surface area contributed by atoms with E-state index in [1.807, 2.05) is 30.5 Å². The zero-order chi connectivity index (χ0) is 17.3. The topological polar surface area (TPSA) is 74.2 Å². The first-order valence-electron chi connectivity index (χ1n) is 8.89. The fourth-order valence-corrected chi connectivity index (χ4v) is 3.87. The molecule has 0 saturated heterocycles. The first kappa shape index (κ1) is 16.1. The molecule has 1 aromatic carbocycles. The number of urea groups is 1. The number of aliphatic hydroxyl groups excluding tert-OH is 1. The summed E-state index contributed by atoms with van der Waals surface area (Å²) < 4.78 is 0. The van der Waals surface area contributed by atoms with Crippen LogP contribution in [0.15, 0.2) is 42.6 Å². The van der Waals surface area contributed by atoms with E-state index >= 15 is 0 Å². The van der Waals surface area contributed by atoms with Crippen molar-refractivity contribution in [2.45, 2.75) is 31.6 Å². The van der Waals surface area contributed by atoms with Gasteiger partial charge in [0.1, 0.15) is 5.82 Å². The molecule has 0 aliphatic heterocycles. The van der Waals surface area contributed by atoms with E-state index in [-0.39, 0.29) is 18.1 Å². The van der Waals surface area contributed by atoms with Crippen molar-refractivity contribution in [3.05, 3.63) is 59.3 Å². The van der Waals surface area contributed by atoms with Crippen molar-refractivity contribution in [3.8, 4) is 0 Å². The highest BCUT2D eigenvalue weighted by Crippen LogP contribution is 2.58. The molecule has 1 aromatic heterocycles. The number of nitrogens with one attached hydrogen (secondary N) is 2. The van der Waals surface area contributed by atoms with Gasteiger partial charge in [-0.05, 0) is 54.4 Å². The lowest BCUT2D eigenvalue weighted by molar-refractivity contribution is 0.201.